The second-order valence-corrected chi connectivity index (χ2v) is 13.8. The lowest BCUT2D eigenvalue weighted by atomic mass is 9.73. The molecule has 1 N–H and O–H groups in total. The number of benzene rings is 1. The highest BCUT2D eigenvalue weighted by Crippen LogP contribution is 2.41. The number of pyridine rings is 1. The normalized spacial score (nSPS) is 19.6. The van der Waals surface area contributed by atoms with Gasteiger partial charge in [0.25, 0.3) is 0 Å². The summed E-state index contributed by atoms with van der Waals surface area (Å²) in [4.78, 5) is 30.3. The van der Waals surface area contributed by atoms with E-state index in [-0.39, 0.29) is 42.2 Å². The minimum absolute atomic E-state index is 0.0149. The number of piperidine rings is 1. The van der Waals surface area contributed by atoms with Gasteiger partial charge in [-0.3, -0.25) is 4.79 Å². The lowest BCUT2D eigenvalue weighted by Gasteiger charge is -2.43. The summed E-state index contributed by atoms with van der Waals surface area (Å²) < 4.78 is 55.2. The van der Waals surface area contributed by atoms with Crippen LogP contribution in [0.4, 0.5) is 20.8 Å². The van der Waals surface area contributed by atoms with E-state index in [2.05, 4.69) is 15.4 Å². The minimum Gasteiger partial charge on any atom is -0.469 e. The summed E-state index contributed by atoms with van der Waals surface area (Å²) in [5.74, 6) is -0.636. The van der Waals surface area contributed by atoms with Crippen molar-refractivity contribution in [2.75, 3.05) is 19.0 Å². The van der Waals surface area contributed by atoms with Gasteiger partial charge in [-0.25, -0.2) is 22.6 Å². The number of nitrogens with one attached hydrogen (secondary N) is 1. The fourth-order valence-corrected chi connectivity index (χ4v) is 7.29. The maximum atomic E-state index is 15.1. The SMILES string of the molecule is COC(=O)[C@]1(Cc2nc(Nc3cc(C)n(C(=O)OC(C)(C)C)n3)ccc2F)CCN(S(=O)(=O)c2ccccc2C)[C@H](C)C1. The number of aryl methyl sites for hydroxylation is 2. The van der Waals surface area contributed by atoms with Gasteiger partial charge in [0.2, 0.25) is 10.0 Å². The molecular weight excluding hydrogens is 577 g/mol. The first-order valence-electron chi connectivity index (χ1n) is 13.9. The number of hydrogen-bond donors (Lipinski definition) is 1. The molecule has 3 aromatic rings. The molecule has 0 amide bonds. The number of ether oxygens (including phenoxy) is 2. The van der Waals surface area contributed by atoms with E-state index in [1.807, 2.05) is 0 Å². The number of anilines is 2. The Hall–Kier alpha value is -3.84. The van der Waals surface area contributed by atoms with Crippen LogP contribution >= 0.6 is 0 Å². The van der Waals surface area contributed by atoms with Crippen molar-refractivity contribution in [3.8, 4) is 0 Å². The smallest absolute Gasteiger partial charge is 0.435 e. The van der Waals surface area contributed by atoms with Gasteiger partial charge >= 0.3 is 12.1 Å². The number of nitrogens with zero attached hydrogens (tertiary/aromatic N) is 4. The third kappa shape index (κ3) is 6.88. The van der Waals surface area contributed by atoms with Crippen molar-refractivity contribution in [3.05, 3.63) is 65.2 Å². The predicted molar refractivity (Wildman–Crippen MR) is 158 cm³/mol. The van der Waals surface area contributed by atoms with E-state index in [0.717, 1.165) is 4.68 Å². The minimum atomic E-state index is -3.83. The number of hydrogen-bond acceptors (Lipinski definition) is 9. The van der Waals surface area contributed by atoms with Crippen LogP contribution in [-0.2, 0) is 30.7 Å². The summed E-state index contributed by atoms with van der Waals surface area (Å²) >= 11 is 0. The summed E-state index contributed by atoms with van der Waals surface area (Å²) in [6, 6.07) is 10.5. The molecule has 1 aromatic carbocycles. The van der Waals surface area contributed by atoms with Crippen LogP contribution in [0.3, 0.4) is 0 Å². The van der Waals surface area contributed by atoms with E-state index in [1.165, 1.54) is 23.5 Å². The molecule has 1 aliphatic heterocycles. The molecule has 0 unspecified atom stereocenters. The molecule has 0 bridgehead atoms. The Kier molecular flexibility index (Phi) is 8.98. The summed E-state index contributed by atoms with van der Waals surface area (Å²) in [6.07, 6.45) is -0.512. The van der Waals surface area contributed by atoms with E-state index < -0.39 is 45.0 Å². The molecule has 1 aliphatic rings. The molecule has 4 rings (SSSR count). The van der Waals surface area contributed by atoms with Crippen LogP contribution < -0.4 is 5.32 Å². The van der Waals surface area contributed by atoms with Gasteiger partial charge in [-0.2, -0.15) is 8.99 Å². The Labute approximate surface area is 251 Å². The van der Waals surface area contributed by atoms with Crippen molar-refractivity contribution in [2.45, 2.75) is 77.3 Å². The molecule has 1 saturated heterocycles. The third-order valence-electron chi connectivity index (χ3n) is 7.42. The molecule has 0 aliphatic carbocycles. The van der Waals surface area contributed by atoms with Gasteiger partial charge in [0.1, 0.15) is 17.2 Å². The first kappa shape index (κ1) is 32.1. The largest absolute Gasteiger partial charge is 0.469 e. The topological polar surface area (TPSA) is 133 Å². The molecule has 0 radical (unpaired) electrons. The van der Waals surface area contributed by atoms with Gasteiger partial charge in [-0.1, -0.05) is 18.2 Å². The van der Waals surface area contributed by atoms with Gasteiger partial charge in [-0.15, -0.1) is 5.10 Å². The zero-order chi connectivity index (χ0) is 31.7. The van der Waals surface area contributed by atoms with Crippen LogP contribution in [0.25, 0.3) is 0 Å². The maximum Gasteiger partial charge on any atom is 0.435 e. The molecule has 3 heterocycles. The second kappa shape index (κ2) is 12.0. The van der Waals surface area contributed by atoms with E-state index in [0.29, 0.717) is 17.1 Å². The standard InChI is InChI=1S/C30H38FN5O6S/c1-19-10-8-9-11-24(19)43(39,40)35-15-14-30(17-21(35)3,27(37)41-7)18-23-22(31)12-13-25(32-23)33-26-16-20(2)36(34-26)28(38)42-29(4,5)6/h8-13,16,21H,14-15,17-18H2,1-7H3,(H,32,33,34)/t21-,30-/m1/s1. The summed E-state index contributed by atoms with van der Waals surface area (Å²) in [5.41, 5.74) is -0.745. The molecule has 0 spiro atoms. The Balaban J connectivity index is 1.57. The Morgan fingerprint density at radius 2 is 1.84 bits per heavy atom. The lowest BCUT2D eigenvalue weighted by Crippen LogP contribution is -2.52. The molecule has 11 nitrogen and oxygen atoms in total. The molecule has 0 saturated carbocycles. The number of sulfonamides is 1. The number of esters is 1. The fraction of sp³-hybridized carbons (Fsp3) is 0.467. The number of halogens is 1. The molecule has 2 aromatic heterocycles. The Bertz CT molecular complexity index is 1630. The fourth-order valence-electron chi connectivity index (χ4n) is 5.43. The van der Waals surface area contributed by atoms with Gasteiger partial charge in [0.05, 0.1) is 23.1 Å². The average Bonchev–Trinajstić information content (AvgIpc) is 3.29. The first-order chi connectivity index (χ1) is 20.1. The maximum absolute atomic E-state index is 15.1. The van der Waals surface area contributed by atoms with Gasteiger partial charge in [0.15, 0.2) is 5.82 Å². The van der Waals surface area contributed by atoms with Gasteiger partial charge in [-0.05, 0) is 78.1 Å². The van der Waals surface area contributed by atoms with Crippen molar-refractivity contribution in [1.82, 2.24) is 19.1 Å². The van der Waals surface area contributed by atoms with E-state index >= 15 is 4.39 Å². The van der Waals surface area contributed by atoms with E-state index in [1.54, 1.807) is 71.9 Å². The number of aromatic nitrogens is 3. The van der Waals surface area contributed by atoms with Crippen molar-refractivity contribution in [1.29, 1.82) is 0 Å². The number of carbonyl (C=O) groups excluding carboxylic acids is 2. The molecule has 13 heteroatoms. The highest BCUT2D eigenvalue weighted by atomic mass is 32.2. The van der Waals surface area contributed by atoms with Crippen LogP contribution in [-0.4, -0.2) is 64.8 Å². The van der Waals surface area contributed by atoms with Crippen LogP contribution in [0.2, 0.25) is 0 Å². The predicted octanol–water partition coefficient (Wildman–Crippen LogP) is 5.14. The molecule has 43 heavy (non-hydrogen) atoms. The quantitative estimate of drug-likeness (QED) is 0.359. The van der Waals surface area contributed by atoms with Crippen LogP contribution in [0.5, 0.6) is 0 Å². The van der Waals surface area contributed by atoms with Gasteiger partial charge < -0.3 is 14.8 Å². The highest BCUT2D eigenvalue weighted by molar-refractivity contribution is 7.89. The van der Waals surface area contributed by atoms with Crippen molar-refractivity contribution in [3.63, 3.8) is 0 Å². The average molecular weight is 616 g/mol. The molecular formula is C30H38FN5O6S. The van der Waals surface area contributed by atoms with Gasteiger partial charge in [0, 0.05) is 30.8 Å². The number of carbonyl (C=O) groups is 2. The van der Waals surface area contributed by atoms with Crippen LogP contribution in [0.15, 0.2) is 47.4 Å². The first-order valence-corrected chi connectivity index (χ1v) is 15.4. The lowest BCUT2D eigenvalue weighted by molar-refractivity contribution is -0.156. The summed E-state index contributed by atoms with van der Waals surface area (Å²) in [7, 11) is -2.56. The molecule has 1 fully saturated rings. The van der Waals surface area contributed by atoms with Crippen molar-refractivity contribution in [2.24, 2.45) is 5.41 Å². The van der Waals surface area contributed by atoms with Crippen LogP contribution in [0.1, 0.15) is 57.5 Å². The van der Waals surface area contributed by atoms with Crippen LogP contribution in [0, 0.1) is 25.1 Å². The second-order valence-electron chi connectivity index (χ2n) is 11.9. The highest BCUT2D eigenvalue weighted by Gasteiger charge is 2.48. The Morgan fingerprint density at radius 3 is 2.47 bits per heavy atom. The van der Waals surface area contributed by atoms with Crippen molar-refractivity contribution < 1.29 is 31.9 Å². The third-order valence-corrected chi connectivity index (χ3v) is 9.60. The zero-order valence-corrected chi connectivity index (χ0v) is 26.3. The monoisotopic (exact) mass is 615 g/mol. The number of rotatable bonds is 7. The number of methoxy groups -OCH3 is 1. The molecule has 232 valence electrons. The summed E-state index contributed by atoms with van der Waals surface area (Å²) in [6.45, 7) is 10.5. The zero-order valence-electron chi connectivity index (χ0n) is 25.5. The van der Waals surface area contributed by atoms with E-state index in [9.17, 15) is 18.0 Å². The van der Waals surface area contributed by atoms with Crippen molar-refractivity contribution >= 4 is 33.7 Å². The molecule has 2 atom stereocenters. The Morgan fingerprint density at radius 1 is 1.14 bits per heavy atom. The van der Waals surface area contributed by atoms with E-state index in [4.69, 9.17) is 9.47 Å². The summed E-state index contributed by atoms with van der Waals surface area (Å²) in [5, 5.41) is 7.23.